The van der Waals surface area contributed by atoms with Gasteiger partial charge in [0.1, 0.15) is 5.82 Å². The molecule has 0 saturated heterocycles. The van der Waals surface area contributed by atoms with Gasteiger partial charge in [0, 0.05) is 12.5 Å². The largest absolute Gasteiger partial charge is 0.320 e. The lowest BCUT2D eigenvalue weighted by molar-refractivity contribution is -0.118. The Bertz CT molecular complexity index is 969. The predicted molar refractivity (Wildman–Crippen MR) is 101 cm³/mol. The molecule has 0 radical (unpaired) electrons. The summed E-state index contributed by atoms with van der Waals surface area (Å²) in [6.45, 7) is -0.839. The lowest BCUT2D eigenvalue weighted by Crippen LogP contribution is -2.32. The average Bonchev–Trinajstić information content (AvgIpc) is 3.25. The smallest absolute Gasteiger partial charge is 0.284 e. The van der Waals surface area contributed by atoms with E-state index in [1.54, 1.807) is 29.2 Å². The second kappa shape index (κ2) is 7.51. The molecule has 1 amide bonds. The van der Waals surface area contributed by atoms with Crippen molar-refractivity contribution >= 4 is 45.2 Å². The van der Waals surface area contributed by atoms with Gasteiger partial charge in [-0.3, -0.25) is 14.3 Å². The van der Waals surface area contributed by atoms with E-state index in [9.17, 15) is 13.6 Å². The molecule has 0 spiro atoms. The predicted octanol–water partition coefficient (Wildman–Crippen LogP) is 4.48. The Kier molecular flexibility index (Phi) is 5.09. The van der Waals surface area contributed by atoms with Gasteiger partial charge in [0.05, 0.1) is 16.8 Å². The number of nitrogens with zero attached hydrogens (tertiary/aromatic N) is 5. The van der Waals surface area contributed by atoms with E-state index in [-0.39, 0.29) is 23.5 Å². The van der Waals surface area contributed by atoms with Crippen LogP contribution in [-0.2, 0) is 10.5 Å². The highest BCUT2D eigenvalue weighted by Crippen LogP contribution is 2.37. The normalized spacial score (nSPS) is 14.2. The number of carbonyl (C=O) groups excluding carboxylic acids is 1. The Balaban J connectivity index is 1.53. The van der Waals surface area contributed by atoms with Crippen molar-refractivity contribution in [3.05, 3.63) is 30.1 Å². The second-order valence-electron chi connectivity index (χ2n) is 6.15. The van der Waals surface area contributed by atoms with Crippen molar-refractivity contribution in [3.63, 3.8) is 0 Å². The third-order valence-electron chi connectivity index (χ3n) is 4.27. The Labute approximate surface area is 162 Å². The monoisotopic (exact) mass is 409 g/mol. The highest BCUT2D eigenvalue weighted by atomic mass is 32.2. The van der Waals surface area contributed by atoms with Gasteiger partial charge >= 0.3 is 6.55 Å². The Morgan fingerprint density at radius 1 is 1.37 bits per heavy atom. The number of imidazole rings is 1. The minimum Gasteiger partial charge on any atom is -0.284 e. The minimum atomic E-state index is -2.66. The van der Waals surface area contributed by atoms with Crippen molar-refractivity contribution < 1.29 is 13.6 Å². The molecule has 6 nitrogen and oxygen atoms in total. The van der Waals surface area contributed by atoms with E-state index in [1.165, 1.54) is 23.1 Å². The van der Waals surface area contributed by atoms with Crippen molar-refractivity contribution in [1.29, 1.82) is 0 Å². The molecule has 27 heavy (non-hydrogen) atoms. The molecule has 1 fully saturated rings. The molecule has 1 aromatic carbocycles. The number of alkyl halides is 2. The van der Waals surface area contributed by atoms with Crippen LogP contribution in [0.15, 0.2) is 28.6 Å². The van der Waals surface area contributed by atoms with E-state index in [4.69, 9.17) is 0 Å². The summed E-state index contributed by atoms with van der Waals surface area (Å²) in [6.07, 6.45) is 2.37. The molecular weight excluding hydrogens is 392 g/mol. The van der Waals surface area contributed by atoms with Gasteiger partial charge in [-0.1, -0.05) is 42.2 Å². The van der Waals surface area contributed by atoms with Crippen LogP contribution in [0.25, 0.3) is 11.0 Å². The summed E-state index contributed by atoms with van der Waals surface area (Å²) in [5.74, 6) is 0.569. The molecule has 4 rings (SSSR count). The third kappa shape index (κ3) is 3.68. The summed E-state index contributed by atoms with van der Waals surface area (Å²) in [5.41, 5.74) is 0.953. The van der Waals surface area contributed by atoms with E-state index in [2.05, 4.69) is 15.2 Å². The number of benzene rings is 1. The number of fused-ring (bicyclic) bond motifs is 1. The van der Waals surface area contributed by atoms with Crippen molar-refractivity contribution in [2.24, 2.45) is 0 Å². The fourth-order valence-electron chi connectivity index (χ4n) is 2.87. The maximum atomic E-state index is 13.5. The van der Waals surface area contributed by atoms with Crippen LogP contribution >= 0.6 is 23.1 Å². The van der Waals surface area contributed by atoms with E-state index in [1.807, 2.05) is 6.92 Å². The molecule has 10 heteroatoms. The van der Waals surface area contributed by atoms with Gasteiger partial charge in [-0.15, -0.1) is 10.2 Å². The number of para-hydroxylation sites is 2. The Morgan fingerprint density at radius 2 is 2.15 bits per heavy atom. The van der Waals surface area contributed by atoms with Gasteiger partial charge < -0.3 is 0 Å². The van der Waals surface area contributed by atoms with Crippen LogP contribution in [0.2, 0.25) is 0 Å². The van der Waals surface area contributed by atoms with Gasteiger partial charge in [-0.05, 0) is 25.0 Å². The SMILES string of the molecule is CCC(=O)N(c1nnc(SCc2nc3ccccc3n2C(F)F)s1)C1CC1. The third-order valence-corrected chi connectivity index (χ3v) is 6.33. The van der Waals surface area contributed by atoms with Gasteiger partial charge in [0.15, 0.2) is 4.34 Å². The summed E-state index contributed by atoms with van der Waals surface area (Å²) in [7, 11) is 0. The highest BCUT2D eigenvalue weighted by molar-refractivity contribution is 8.00. The molecule has 0 aliphatic heterocycles. The first-order valence-electron chi connectivity index (χ1n) is 8.60. The quantitative estimate of drug-likeness (QED) is 0.425. The maximum Gasteiger partial charge on any atom is 0.320 e. The zero-order valence-electron chi connectivity index (χ0n) is 14.5. The Hall–Kier alpha value is -2.07. The zero-order chi connectivity index (χ0) is 19.0. The number of thioether (sulfide) groups is 1. The molecule has 142 valence electrons. The van der Waals surface area contributed by atoms with E-state index >= 15 is 0 Å². The van der Waals surface area contributed by atoms with Crippen LogP contribution in [-0.4, -0.2) is 31.7 Å². The molecule has 1 saturated carbocycles. The highest BCUT2D eigenvalue weighted by Gasteiger charge is 2.35. The summed E-state index contributed by atoms with van der Waals surface area (Å²) < 4.78 is 28.6. The molecule has 3 aromatic rings. The fourth-order valence-corrected chi connectivity index (χ4v) is 4.73. The van der Waals surface area contributed by atoms with Crippen molar-refractivity contribution in [2.45, 2.75) is 48.9 Å². The number of anilines is 1. The zero-order valence-corrected chi connectivity index (χ0v) is 16.1. The van der Waals surface area contributed by atoms with Crippen molar-refractivity contribution in [2.75, 3.05) is 4.90 Å². The summed E-state index contributed by atoms with van der Waals surface area (Å²) in [6, 6.07) is 7.06. The fraction of sp³-hybridized carbons (Fsp3) is 0.412. The van der Waals surface area contributed by atoms with Crippen LogP contribution in [0.4, 0.5) is 13.9 Å². The summed E-state index contributed by atoms with van der Waals surface area (Å²) in [4.78, 5) is 18.2. The van der Waals surface area contributed by atoms with E-state index in [0.29, 0.717) is 26.9 Å². The number of aromatic nitrogens is 4. The first kappa shape index (κ1) is 18.3. The number of hydrogen-bond donors (Lipinski definition) is 0. The average molecular weight is 409 g/mol. The molecule has 2 heterocycles. The molecule has 0 atom stereocenters. The van der Waals surface area contributed by atoms with Gasteiger partial charge in [0.25, 0.3) is 0 Å². The molecule has 0 N–H and O–H groups in total. The molecule has 0 bridgehead atoms. The molecule has 0 unspecified atom stereocenters. The summed E-state index contributed by atoms with van der Waals surface area (Å²) >= 11 is 2.61. The van der Waals surface area contributed by atoms with Crippen LogP contribution in [0, 0.1) is 0 Å². The maximum absolute atomic E-state index is 13.5. The van der Waals surface area contributed by atoms with Crippen LogP contribution in [0.5, 0.6) is 0 Å². The number of hydrogen-bond acceptors (Lipinski definition) is 6. The molecule has 2 aromatic heterocycles. The van der Waals surface area contributed by atoms with E-state index < -0.39 is 6.55 Å². The second-order valence-corrected chi connectivity index (χ2v) is 8.33. The molecule has 1 aliphatic carbocycles. The van der Waals surface area contributed by atoms with Gasteiger partial charge in [0.2, 0.25) is 11.0 Å². The van der Waals surface area contributed by atoms with Crippen LogP contribution < -0.4 is 4.90 Å². The molecule has 1 aliphatic rings. The minimum absolute atomic E-state index is 0.0321. The summed E-state index contributed by atoms with van der Waals surface area (Å²) in [5, 5.41) is 8.84. The number of halogens is 2. The molecular formula is C17H17F2N5OS2. The van der Waals surface area contributed by atoms with Gasteiger partial charge in [-0.2, -0.15) is 8.78 Å². The lowest BCUT2D eigenvalue weighted by Gasteiger charge is -2.17. The van der Waals surface area contributed by atoms with Gasteiger partial charge in [-0.25, -0.2) is 4.98 Å². The van der Waals surface area contributed by atoms with E-state index in [0.717, 1.165) is 17.4 Å². The number of rotatable bonds is 7. The topological polar surface area (TPSA) is 63.9 Å². The number of carbonyl (C=O) groups is 1. The van der Waals surface area contributed by atoms with Crippen molar-refractivity contribution in [1.82, 2.24) is 19.7 Å². The van der Waals surface area contributed by atoms with Crippen LogP contribution in [0.3, 0.4) is 0 Å². The van der Waals surface area contributed by atoms with Crippen LogP contribution in [0.1, 0.15) is 38.6 Å². The van der Waals surface area contributed by atoms with Crippen molar-refractivity contribution in [3.8, 4) is 0 Å². The Morgan fingerprint density at radius 3 is 2.85 bits per heavy atom. The standard InChI is InChI=1S/C17H17F2N5OS2/c1-2-14(25)23(10-7-8-10)16-21-22-17(27-16)26-9-13-20-11-5-3-4-6-12(11)24(13)15(18)19/h3-6,10,15H,2,7-9H2,1H3. The first-order valence-corrected chi connectivity index (χ1v) is 10.4. The lowest BCUT2D eigenvalue weighted by atomic mass is 10.3. The first-order chi connectivity index (χ1) is 13.1. The number of amides is 1.